The number of hydrogen-bond donors (Lipinski definition) is 5. The first kappa shape index (κ1) is 28.2. The summed E-state index contributed by atoms with van der Waals surface area (Å²) in [4.78, 5) is 51.7. The number of rotatable bonds is 9. The molecule has 9 heteroatoms. The first-order valence-electron chi connectivity index (χ1n) is 13.9. The van der Waals surface area contributed by atoms with Crippen molar-refractivity contribution in [2.24, 2.45) is 5.73 Å². The van der Waals surface area contributed by atoms with Gasteiger partial charge in [0.2, 0.25) is 11.8 Å². The van der Waals surface area contributed by atoms with Gasteiger partial charge in [0.05, 0.1) is 18.2 Å². The lowest BCUT2D eigenvalue weighted by molar-refractivity contribution is -0.131. The Kier molecular flexibility index (Phi) is 8.56. The Bertz CT molecular complexity index is 1450. The predicted molar refractivity (Wildman–Crippen MR) is 155 cm³/mol. The van der Waals surface area contributed by atoms with Crippen molar-refractivity contribution in [2.75, 3.05) is 11.9 Å². The van der Waals surface area contributed by atoms with E-state index in [9.17, 15) is 24.3 Å². The van der Waals surface area contributed by atoms with Crippen molar-refractivity contribution < 1.29 is 24.3 Å². The summed E-state index contributed by atoms with van der Waals surface area (Å²) in [7, 11) is 0. The molecule has 1 unspecified atom stereocenters. The Hall–Kier alpha value is -4.34. The molecule has 3 aromatic rings. The average Bonchev–Trinajstić information content (AvgIpc) is 2.99. The van der Waals surface area contributed by atoms with Gasteiger partial charge in [-0.15, -0.1) is 0 Å². The van der Waals surface area contributed by atoms with Gasteiger partial charge in [-0.05, 0) is 43.7 Å². The van der Waals surface area contributed by atoms with Crippen molar-refractivity contribution >= 4 is 29.1 Å². The number of aliphatic hydroxyl groups is 1. The molecule has 1 fully saturated rings. The van der Waals surface area contributed by atoms with Gasteiger partial charge in [0, 0.05) is 34.5 Å². The summed E-state index contributed by atoms with van der Waals surface area (Å²) < 4.78 is 0. The highest BCUT2D eigenvalue weighted by molar-refractivity contribution is 6.30. The van der Waals surface area contributed by atoms with Crippen LogP contribution in [0.2, 0.25) is 0 Å². The summed E-state index contributed by atoms with van der Waals surface area (Å²) in [5.41, 5.74) is 9.21. The maximum absolute atomic E-state index is 13.3. The first-order chi connectivity index (χ1) is 19.9. The van der Waals surface area contributed by atoms with Crippen LogP contribution in [0.5, 0.6) is 0 Å². The Morgan fingerprint density at radius 1 is 0.780 bits per heavy atom. The molecule has 2 atom stereocenters. The number of amides is 2. The fourth-order valence-corrected chi connectivity index (χ4v) is 5.60. The van der Waals surface area contributed by atoms with Crippen LogP contribution < -0.4 is 21.7 Å². The lowest BCUT2D eigenvalue weighted by Crippen LogP contribution is -2.55. The lowest BCUT2D eigenvalue weighted by atomic mass is 9.83. The minimum Gasteiger partial charge on any atom is -0.394 e. The van der Waals surface area contributed by atoms with Gasteiger partial charge in [-0.3, -0.25) is 19.2 Å². The zero-order chi connectivity index (χ0) is 28.9. The zero-order valence-electron chi connectivity index (χ0n) is 22.6. The number of anilines is 1. The first-order valence-corrected chi connectivity index (χ1v) is 13.9. The molecule has 2 aliphatic carbocycles. The van der Waals surface area contributed by atoms with Crippen molar-refractivity contribution in [3.8, 4) is 0 Å². The number of carbonyl (C=O) groups excluding carboxylic acids is 4. The van der Waals surface area contributed by atoms with E-state index in [1.54, 1.807) is 36.4 Å². The van der Waals surface area contributed by atoms with Gasteiger partial charge >= 0.3 is 0 Å². The molecule has 3 aromatic carbocycles. The minimum absolute atomic E-state index is 0.0547. The molecular formula is C32H34N4O5. The second-order valence-corrected chi connectivity index (χ2v) is 10.7. The highest BCUT2D eigenvalue weighted by Crippen LogP contribution is 2.33. The number of benzene rings is 3. The van der Waals surface area contributed by atoms with Gasteiger partial charge in [-0.1, -0.05) is 66.7 Å². The van der Waals surface area contributed by atoms with E-state index in [4.69, 9.17) is 5.73 Å². The Balaban J connectivity index is 1.14. The summed E-state index contributed by atoms with van der Waals surface area (Å²) in [5, 5.41) is 18.7. The van der Waals surface area contributed by atoms with Crippen LogP contribution in [0.1, 0.15) is 63.1 Å². The SMILES string of the molecule is NC(Cc1ccccc1)C(=O)N[C@@H](CO)C(=O)NC1CCC(Nc2cccc3c2C(=O)c2ccccc2C3=O)CC1. The molecule has 0 saturated heterocycles. The third-order valence-electron chi connectivity index (χ3n) is 7.84. The number of ketones is 2. The van der Waals surface area contributed by atoms with E-state index in [-0.39, 0.29) is 23.7 Å². The monoisotopic (exact) mass is 554 g/mol. The van der Waals surface area contributed by atoms with Crippen molar-refractivity contribution in [3.05, 3.63) is 101 Å². The molecule has 2 aliphatic rings. The summed E-state index contributed by atoms with van der Waals surface area (Å²) in [6, 6.07) is 19.5. The van der Waals surface area contributed by atoms with Gasteiger partial charge in [0.25, 0.3) is 0 Å². The summed E-state index contributed by atoms with van der Waals surface area (Å²) >= 11 is 0. The number of carbonyl (C=O) groups is 4. The van der Waals surface area contributed by atoms with E-state index in [2.05, 4.69) is 16.0 Å². The average molecular weight is 555 g/mol. The van der Waals surface area contributed by atoms with Crippen molar-refractivity contribution in [1.29, 1.82) is 0 Å². The molecule has 212 valence electrons. The lowest BCUT2D eigenvalue weighted by Gasteiger charge is -2.32. The van der Waals surface area contributed by atoms with Gasteiger partial charge in [-0.25, -0.2) is 0 Å². The number of nitrogens with one attached hydrogen (secondary N) is 3. The van der Waals surface area contributed by atoms with E-state index in [0.717, 1.165) is 18.4 Å². The normalized spacial score (nSPS) is 19.4. The second-order valence-electron chi connectivity index (χ2n) is 10.7. The molecule has 0 spiro atoms. The molecule has 0 radical (unpaired) electrons. The number of nitrogens with two attached hydrogens (primary N) is 1. The van der Waals surface area contributed by atoms with E-state index < -0.39 is 30.5 Å². The second kappa shape index (κ2) is 12.4. The highest BCUT2D eigenvalue weighted by Gasteiger charge is 2.33. The van der Waals surface area contributed by atoms with E-state index >= 15 is 0 Å². The molecule has 41 heavy (non-hydrogen) atoms. The molecule has 9 nitrogen and oxygen atoms in total. The van der Waals surface area contributed by atoms with Crippen LogP contribution >= 0.6 is 0 Å². The molecule has 0 aromatic heterocycles. The minimum atomic E-state index is -1.09. The van der Waals surface area contributed by atoms with Crippen molar-refractivity contribution in [3.63, 3.8) is 0 Å². The number of hydrogen-bond acceptors (Lipinski definition) is 7. The summed E-state index contributed by atoms with van der Waals surface area (Å²) in [6.07, 6.45) is 3.12. The number of aliphatic hydroxyl groups excluding tert-OH is 1. The fraction of sp³-hybridized carbons (Fsp3) is 0.312. The topological polar surface area (TPSA) is 151 Å². The van der Waals surface area contributed by atoms with E-state index in [1.807, 2.05) is 36.4 Å². The quantitative estimate of drug-likeness (QED) is 0.213. The maximum Gasteiger partial charge on any atom is 0.245 e. The maximum atomic E-state index is 13.3. The number of fused-ring (bicyclic) bond motifs is 2. The molecule has 5 rings (SSSR count). The zero-order valence-corrected chi connectivity index (χ0v) is 22.6. The predicted octanol–water partition coefficient (Wildman–Crippen LogP) is 2.35. The molecule has 0 aliphatic heterocycles. The molecule has 6 N–H and O–H groups in total. The molecule has 2 amide bonds. The third-order valence-corrected chi connectivity index (χ3v) is 7.84. The van der Waals surface area contributed by atoms with Crippen LogP contribution in [0.3, 0.4) is 0 Å². The van der Waals surface area contributed by atoms with Crippen LogP contribution in [0.4, 0.5) is 5.69 Å². The summed E-state index contributed by atoms with van der Waals surface area (Å²) in [6.45, 7) is -0.540. The van der Waals surface area contributed by atoms with Gasteiger partial charge in [-0.2, -0.15) is 0 Å². The largest absolute Gasteiger partial charge is 0.394 e. The van der Waals surface area contributed by atoms with Crippen molar-refractivity contribution in [1.82, 2.24) is 10.6 Å². The van der Waals surface area contributed by atoms with Crippen LogP contribution in [-0.2, 0) is 16.0 Å². The molecular weight excluding hydrogens is 520 g/mol. The molecule has 0 bridgehead atoms. The highest BCUT2D eigenvalue weighted by atomic mass is 16.3. The van der Waals surface area contributed by atoms with E-state index in [1.165, 1.54) is 0 Å². The van der Waals surface area contributed by atoms with Gasteiger partial charge in [0.1, 0.15) is 6.04 Å². The summed E-state index contributed by atoms with van der Waals surface area (Å²) in [5.74, 6) is -1.28. The van der Waals surface area contributed by atoms with Crippen LogP contribution in [0, 0.1) is 0 Å². The van der Waals surface area contributed by atoms with Gasteiger partial charge < -0.3 is 26.8 Å². The standard InChI is InChI=1S/C32H34N4O5/c33-25(17-19-7-2-1-3-8-19)31(40)36-27(18-37)32(41)35-21-15-13-20(14-16-21)34-26-12-6-11-24-28(26)30(39)23-10-5-4-9-22(23)29(24)38/h1-12,20-21,25,27,34,37H,13-18,33H2,(H,35,41)(H,36,40)/t20?,21?,25?,27-/m0/s1. The smallest absolute Gasteiger partial charge is 0.245 e. The molecule has 1 saturated carbocycles. The molecule has 0 heterocycles. The van der Waals surface area contributed by atoms with Crippen molar-refractivity contribution in [2.45, 2.75) is 56.3 Å². The Morgan fingerprint density at radius 3 is 2.07 bits per heavy atom. The van der Waals surface area contributed by atoms with Crippen LogP contribution in [-0.4, -0.2) is 59.3 Å². The van der Waals surface area contributed by atoms with E-state index in [0.29, 0.717) is 47.2 Å². The van der Waals surface area contributed by atoms with Crippen LogP contribution in [0.25, 0.3) is 0 Å². The van der Waals surface area contributed by atoms with Crippen LogP contribution in [0.15, 0.2) is 72.8 Å². The Labute approximate surface area is 238 Å². The Morgan fingerprint density at radius 2 is 1.39 bits per heavy atom. The fourth-order valence-electron chi connectivity index (χ4n) is 5.60. The van der Waals surface area contributed by atoms with Gasteiger partial charge in [0.15, 0.2) is 11.6 Å². The third kappa shape index (κ3) is 6.21.